The maximum atomic E-state index is 15.0. The smallest absolute Gasteiger partial charge is 0.355 e. The van der Waals surface area contributed by atoms with Gasteiger partial charge in [0.15, 0.2) is 5.78 Å². The molecule has 1 aliphatic carbocycles. The monoisotopic (exact) mass is 844 g/mol. The number of hydrogen-bond donors (Lipinski definition) is 3. The Balaban J connectivity index is 1.60. The first-order valence-electron chi connectivity index (χ1n) is 21.9. The van der Waals surface area contributed by atoms with Gasteiger partial charge in [-0.3, -0.25) is 19.4 Å². The van der Waals surface area contributed by atoms with Crippen LogP contribution in [-0.2, 0) is 47.7 Å². The molecule has 1 spiro atoms. The van der Waals surface area contributed by atoms with Gasteiger partial charge in [0.1, 0.15) is 18.8 Å². The van der Waals surface area contributed by atoms with Gasteiger partial charge < -0.3 is 43.9 Å². The van der Waals surface area contributed by atoms with Crippen LogP contribution in [0.1, 0.15) is 112 Å². The molecule has 0 aromatic rings. The van der Waals surface area contributed by atoms with Crippen molar-refractivity contribution in [3.05, 3.63) is 23.3 Å². The topological polar surface area (TPSA) is 208 Å². The van der Waals surface area contributed by atoms with Crippen molar-refractivity contribution < 1.29 is 63.0 Å². The van der Waals surface area contributed by atoms with Crippen molar-refractivity contribution in [1.82, 2.24) is 4.90 Å². The molecule has 1 amide bonds. The van der Waals surface area contributed by atoms with Gasteiger partial charge in [0.05, 0.1) is 24.4 Å². The molecule has 0 aromatic heterocycles. The number of nitrogens with zero attached hydrogens (tertiary/aromatic N) is 2. The lowest BCUT2D eigenvalue weighted by molar-refractivity contribution is -0.302. The van der Waals surface area contributed by atoms with Crippen molar-refractivity contribution in [3.8, 4) is 0 Å². The highest BCUT2D eigenvalue weighted by molar-refractivity contribution is 6.39. The maximum Gasteiger partial charge on any atom is 0.355 e. The highest BCUT2D eigenvalue weighted by atomic mass is 16.7. The van der Waals surface area contributed by atoms with Gasteiger partial charge in [0.25, 0.3) is 11.7 Å². The van der Waals surface area contributed by atoms with E-state index in [9.17, 15) is 34.2 Å². The highest BCUT2D eigenvalue weighted by Crippen LogP contribution is 2.41. The number of piperidine rings is 1. The number of carboxylic acids is 1. The van der Waals surface area contributed by atoms with Crippen LogP contribution in [0, 0.1) is 35.5 Å². The number of aliphatic hydroxyl groups excluding tert-OH is 1. The minimum Gasteiger partial charge on any atom is -0.480 e. The first-order chi connectivity index (χ1) is 28.3. The second-order valence-electron chi connectivity index (χ2n) is 18.5. The molecule has 3 N–H and O–H groups in total. The number of rotatable bonds is 7. The third-order valence-corrected chi connectivity index (χ3v) is 13.7. The van der Waals surface area contributed by atoms with E-state index in [4.69, 9.17) is 33.8 Å². The predicted molar refractivity (Wildman–Crippen MR) is 220 cm³/mol. The van der Waals surface area contributed by atoms with Crippen LogP contribution >= 0.6 is 0 Å². The molecule has 336 valence electrons. The Labute approximate surface area is 354 Å². The number of allylic oxidation sites excluding steroid dienone is 3. The maximum absolute atomic E-state index is 15.0. The normalized spacial score (nSPS) is 40.5. The zero-order valence-electron chi connectivity index (χ0n) is 36.7. The summed E-state index contributed by atoms with van der Waals surface area (Å²) >= 11 is 0. The lowest BCUT2D eigenvalue weighted by Gasteiger charge is -2.48. The van der Waals surface area contributed by atoms with E-state index in [1.54, 1.807) is 26.8 Å². The van der Waals surface area contributed by atoms with Crippen LogP contribution in [0.15, 0.2) is 28.3 Å². The molecule has 15 nitrogen and oxygen atoms in total. The molecule has 4 aliphatic heterocycles. The van der Waals surface area contributed by atoms with Crippen molar-refractivity contribution in [1.29, 1.82) is 0 Å². The molecule has 3 fully saturated rings. The lowest BCUT2D eigenvalue weighted by Crippen LogP contribution is -2.67. The summed E-state index contributed by atoms with van der Waals surface area (Å²) in [5.74, 6) is -8.77. The number of esters is 1. The fourth-order valence-corrected chi connectivity index (χ4v) is 10.3. The number of aliphatic carboxylic acids is 1. The van der Waals surface area contributed by atoms with E-state index >= 15 is 0 Å². The average molecular weight is 845 g/mol. The Hall–Kier alpha value is -3.34. The van der Waals surface area contributed by atoms with E-state index in [1.165, 1.54) is 20.4 Å². The molecule has 15 heteroatoms. The largest absolute Gasteiger partial charge is 0.480 e. The van der Waals surface area contributed by atoms with Gasteiger partial charge in [0, 0.05) is 51.7 Å². The Morgan fingerprint density at radius 1 is 0.950 bits per heavy atom. The molecule has 5 aliphatic rings. The SMILES string of the molecule is COC1CC(C)CC(C)CC2=CC=NC3(CCCCN3C(=O)C(=O)C3(O)OC1C(OC)CC3C)C(=O)OC(C(C)=CC1CCC(OCC(=O)O)C(C)C1)C(C)C(O)CC2=O. The highest BCUT2D eigenvalue weighted by Gasteiger charge is 2.59. The van der Waals surface area contributed by atoms with Gasteiger partial charge in [-0.25, -0.2) is 9.59 Å². The third kappa shape index (κ3) is 10.5. The van der Waals surface area contributed by atoms with Crippen molar-refractivity contribution in [2.45, 2.75) is 160 Å². The summed E-state index contributed by atoms with van der Waals surface area (Å²) in [6, 6.07) is 0. The number of aliphatic hydroxyl groups is 2. The number of hydrogen-bond acceptors (Lipinski definition) is 13. The average Bonchev–Trinajstić information content (AvgIpc) is 3.20. The number of methoxy groups -OCH3 is 2. The quantitative estimate of drug-likeness (QED) is 0.182. The zero-order chi connectivity index (χ0) is 44.1. The summed E-state index contributed by atoms with van der Waals surface area (Å²) in [7, 11) is 3.05. The summed E-state index contributed by atoms with van der Waals surface area (Å²) in [6.07, 6.45) is 4.62. The van der Waals surface area contributed by atoms with Gasteiger partial charge in [-0.05, 0) is 106 Å². The van der Waals surface area contributed by atoms with Crippen LogP contribution in [0.4, 0.5) is 0 Å². The molecule has 0 radical (unpaired) electrons. The number of Topliss-reactive ketones (excluding diaryl/α,β-unsaturated/α-hetero) is 2. The lowest BCUT2D eigenvalue weighted by atomic mass is 9.78. The molecule has 14 unspecified atom stereocenters. The van der Waals surface area contributed by atoms with E-state index in [1.807, 2.05) is 19.9 Å². The molecule has 14 atom stereocenters. The Bertz CT molecular complexity index is 1680. The fraction of sp³-hybridized carbons (Fsp3) is 0.778. The van der Waals surface area contributed by atoms with Crippen LogP contribution < -0.4 is 0 Å². The number of carboxylic acid groups (broad SMARTS) is 1. The van der Waals surface area contributed by atoms with Gasteiger partial charge in [-0.1, -0.05) is 40.7 Å². The van der Waals surface area contributed by atoms with Gasteiger partial charge in [0.2, 0.25) is 11.4 Å². The Morgan fingerprint density at radius 3 is 2.32 bits per heavy atom. The number of cyclic esters (lactones) is 1. The summed E-state index contributed by atoms with van der Waals surface area (Å²) in [6.45, 7) is 10.8. The Kier molecular flexibility index (Phi) is 16.1. The molecule has 4 heterocycles. The summed E-state index contributed by atoms with van der Waals surface area (Å²) in [5, 5.41) is 33.1. The second kappa shape index (κ2) is 20.2. The predicted octanol–water partition coefficient (Wildman–Crippen LogP) is 4.60. The van der Waals surface area contributed by atoms with Crippen molar-refractivity contribution in [2.75, 3.05) is 27.4 Å². The van der Waals surface area contributed by atoms with Crippen molar-refractivity contribution in [3.63, 3.8) is 0 Å². The number of carbonyl (C=O) groups excluding carboxylic acids is 4. The van der Waals surface area contributed by atoms with Gasteiger partial charge in [-0.15, -0.1) is 0 Å². The van der Waals surface area contributed by atoms with Gasteiger partial charge in [-0.2, -0.15) is 0 Å². The summed E-state index contributed by atoms with van der Waals surface area (Å²) in [4.78, 5) is 75.4. The number of amides is 1. The fourth-order valence-electron chi connectivity index (χ4n) is 10.3. The molecule has 5 rings (SSSR count). The molecule has 4 bridgehead atoms. The van der Waals surface area contributed by atoms with E-state index in [0.29, 0.717) is 62.5 Å². The van der Waals surface area contributed by atoms with Crippen LogP contribution in [-0.4, -0.2) is 131 Å². The first-order valence-corrected chi connectivity index (χ1v) is 21.9. The zero-order valence-corrected chi connectivity index (χ0v) is 36.7. The van der Waals surface area contributed by atoms with Gasteiger partial charge >= 0.3 is 11.9 Å². The standard InChI is InChI=1S/C45H68N2O13/c1-25-17-26(2)19-36(56-7)40-37(57-8)22-29(5)45(55,60-40)41(52)42(53)47-16-10-9-14-44(47)43(54)59-39(30(6)33(48)23-34(49)32(18-25)13-15-46-44)28(4)21-31-11-12-35(27(3)20-31)58-24-38(50)51/h13,15,21,25-27,29-31,33,35-37,39-40,48,55H,9-12,14,16-20,22-24H2,1-8H3,(H,50,51). The minimum absolute atomic E-state index is 0.00829. The number of fused-ring (bicyclic) bond motifs is 3. The first kappa shape index (κ1) is 47.7. The minimum atomic E-state index is -2.58. The van der Waals surface area contributed by atoms with Crippen LogP contribution in [0.3, 0.4) is 0 Å². The molecular weight excluding hydrogens is 776 g/mol. The van der Waals surface area contributed by atoms with E-state index in [2.05, 4.69) is 6.92 Å². The third-order valence-electron chi connectivity index (χ3n) is 13.7. The molecular formula is C45H68N2O13. The van der Waals surface area contributed by atoms with Crippen LogP contribution in [0.25, 0.3) is 0 Å². The molecule has 60 heavy (non-hydrogen) atoms. The van der Waals surface area contributed by atoms with E-state index < -0.39 is 77.4 Å². The molecule has 0 aromatic carbocycles. The van der Waals surface area contributed by atoms with E-state index in [0.717, 1.165) is 4.90 Å². The van der Waals surface area contributed by atoms with E-state index in [-0.39, 0.29) is 68.0 Å². The number of ketones is 2. The van der Waals surface area contributed by atoms with Crippen molar-refractivity contribution >= 4 is 35.6 Å². The molecule has 2 saturated heterocycles. The van der Waals surface area contributed by atoms with Crippen molar-refractivity contribution in [2.24, 2.45) is 40.5 Å². The number of carbonyl (C=O) groups is 5. The summed E-state index contributed by atoms with van der Waals surface area (Å²) < 4.78 is 30.0. The number of aliphatic imine (C=N–C) groups is 1. The Morgan fingerprint density at radius 2 is 1.65 bits per heavy atom. The number of ether oxygens (including phenoxy) is 5. The van der Waals surface area contributed by atoms with Crippen LogP contribution in [0.2, 0.25) is 0 Å². The summed E-state index contributed by atoms with van der Waals surface area (Å²) in [5.41, 5.74) is -1.02. The second-order valence-corrected chi connectivity index (χ2v) is 18.5. The van der Waals surface area contributed by atoms with Crippen LogP contribution in [0.5, 0.6) is 0 Å². The molecule has 1 saturated carbocycles.